The number of sulfonamides is 1. The van der Waals surface area contributed by atoms with E-state index in [1.807, 2.05) is 0 Å². The highest BCUT2D eigenvalue weighted by molar-refractivity contribution is 7.89. The third-order valence-corrected chi connectivity index (χ3v) is 6.91. The molecule has 2 N–H and O–H groups in total. The van der Waals surface area contributed by atoms with Crippen LogP contribution >= 0.6 is 0 Å². The van der Waals surface area contributed by atoms with Crippen molar-refractivity contribution in [1.29, 1.82) is 0 Å². The van der Waals surface area contributed by atoms with Gasteiger partial charge in [-0.1, -0.05) is 44.2 Å². The Morgan fingerprint density at radius 3 is 2.13 bits per heavy atom. The van der Waals surface area contributed by atoms with E-state index in [1.165, 1.54) is 38.5 Å². The maximum atomic E-state index is 12.5. The van der Waals surface area contributed by atoms with Crippen LogP contribution < -0.4 is 14.8 Å². The first-order valence-corrected chi connectivity index (χ1v) is 12.0. The van der Waals surface area contributed by atoms with Crippen LogP contribution in [0, 0.1) is 0 Å². The van der Waals surface area contributed by atoms with Gasteiger partial charge in [0.15, 0.2) is 0 Å². The Balaban J connectivity index is 1.55. The number of amides is 1. The van der Waals surface area contributed by atoms with Crippen LogP contribution in [0.3, 0.4) is 0 Å². The Bertz CT molecular complexity index is 917. The van der Waals surface area contributed by atoms with Crippen LogP contribution in [0.15, 0.2) is 53.4 Å². The van der Waals surface area contributed by atoms with Gasteiger partial charge in [-0.25, -0.2) is 13.1 Å². The molecular formula is C23H30N2O4S. The van der Waals surface area contributed by atoms with Gasteiger partial charge in [-0.3, -0.25) is 4.79 Å². The minimum Gasteiger partial charge on any atom is -0.497 e. The summed E-state index contributed by atoms with van der Waals surface area (Å²) in [7, 11) is -2.09. The van der Waals surface area contributed by atoms with Crippen molar-refractivity contribution in [2.45, 2.75) is 62.4 Å². The number of methoxy groups -OCH3 is 1. The summed E-state index contributed by atoms with van der Waals surface area (Å²) in [4.78, 5) is 12.7. The molecule has 30 heavy (non-hydrogen) atoms. The number of carbonyl (C=O) groups is 1. The molecule has 6 nitrogen and oxygen atoms in total. The van der Waals surface area contributed by atoms with Crippen molar-refractivity contribution in [3.63, 3.8) is 0 Å². The van der Waals surface area contributed by atoms with Gasteiger partial charge in [0, 0.05) is 18.2 Å². The maximum Gasteiger partial charge on any atom is 0.251 e. The van der Waals surface area contributed by atoms with E-state index in [-0.39, 0.29) is 23.4 Å². The third kappa shape index (κ3) is 6.31. The van der Waals surface area contributed by atoms with Crippen molar-refractivity contribution >= 4 is 15.9 Å². The van der Waals surface area contributed by atoms with E-state index in [0.717, 1.165) is 31.2 Å². The molecule has 1 amide bonds. The normalized spacial score (nSPS) is 15.8. The van der Waals surface area contributed by atoms with Gasteiger partial charge in [0.05, 0.1) is 12.0 Å². The third-order valence-electron chi connectivity index (χ3n) is 5.49. The summed E-state index contributed by atoms with van der Waals surface area (Å²) in [5.41, 5.74) is 1.38. The van der Waals surface area contributed by atoms with Crippen LogP contribution in [0.5, 0.6) is 5.75 Å². The molecule has 0 spiro atoms. The average Bonchev–Trinajstić information content (AvgIpc) is 2.74. The fraction of sp³-hybridized carbons (Fsp3) is 0.435. The van der Waals surface area contributed by atoms with E-state index in [1.54, 1.807) is 36.4 Å². The first kappa shape index (κ1) is 22.3. The zero-order chi connectivity index (χ0) is 21.4. The van der Waals surface area contributed by atoms with Gasteiger partial charge in [0.2, 0.25) is 10.0 Å². The Kier molecular flexibility index (Phi) is 7.87. The molecule has 7 heteroatoms. The standard InChI is InChI=1S/C23H30N2O4S/c1-29-21-13-15-22(16-14-21)30(27,28)24-17-18-9-11-19(12-10-18)23(26)25-20-7-5-3-2-4-6-8-20/h9-16,20,24H,2-8,17H2,1H3,(H,25,26). The lowest BCUT2D eigenvalue weighted by Gasteiger charge is -2.21. The number of ether oxygens (including phenoxy) is 1. The first-order valence-electron chi connectivity index (χ1n) is 10.5. The molecule has 0 radical (unpaired) electrons. The molecule has 0 unspecified atom stereocenters. The molecule has 0 aromatic heterocycles. The molecule has 3 rings (SSSR count). The molecule has 0 aliphatic heterocycles. The van der Waals surface area contributed by atoms with Crippen LogP contribution in [0.1, 0.15) is 60.9 Å². The maximum absolute atomic E-state index is 12.5. The number of carbonyl (C=O) groups excluding carboxylic acids is 1. The second-order valence-corrected chi connectivity index (χ2v) is 9.48. The van der Waals surface area contributed by atoms with E-state index < -0.39 is 10.0 Å². The lowest BCUT2D eigenvalue weighted by Crippen LogP contribution is -2.35. The topological polar surface area (TPSA) is 84.5 Å². The Morgan fingerprint density at radius 2 is 1.53 bits per heavy atom. The van der Waals surface area contributed by atoms with E-state index in [0.29, 0.717) is 11.3 Å². The van der Waals surface area contributed by atoms with Gasteiger partial charge in [-0.15, -0.1) is 0 Å². The minimum atomic E-state index is -3.62. The van der Waals surface area contributed by atoms with Crippen molar-refractivity contribution in [1.82, 2.24) is 10.0 Å². The number of hydrogen-bond acceptors (Lipinski definition) is 4. The van der Waals surface area contributed by atoms with Crippen molar-refractivity contribution in [3.8, 4) is 5.75 Å². The largest absolute Gasteiger partial charge is 0.497 e. The summed E-state index contributed by atoms with van der Waals surface area (Å²) in [5.74, 6) is 0.535. The summed E-state index contributed by atoms with van der Waals surface area (Å²) < 4.78 is 32.5. The number of benzene rings is 2. The van der Waals surface area contributed by atoms with Gasteiger partial charge in [-0.05, 0) is 54.8 Å². The second-order valence-electron chi connectivity index (χ2n) is 7.71. The van der Waals surface area contributed by atoms with Crippen LogP contribution in [0.25, 0.3) is 0 Å². The summed E-state index contributed by atoms with van der Waals surface area (Å²) in [6.07, 6.45) is 8.19. The number of hydrogen-bond donors (Lipinski definition) is 2. The van der Waals surface area contributed by atoms with Crippen LogP contribution in [0.2, 0.25) is 0 Å². The monoisotopic (exact) mass is 430 g/mol. The molecule has 162 valence electrons. The summed E-state index contributed by atoms with van der Waals surface area (Å²) in [6, 6.07) is 13.5. The predicted molar refractivity (Wildman–Crippen MR) is 117 cm³/mol. The highest BCUT2D eigenvalue weighted by Gasteiger charge is 2.16. The molecule has 1 saturated carbocycles. The molecule has 0 heterocycles. The van der Waals surface area contributed by atoms with Crippen molar-refractivity contribution in [2.75, 3.05) is 7.11 Å². The molecule has 0 bridgehead atoms. The average molecular weight is 431 g/mol. The highest BCUT2D eigenvalue weighted by atomic mass is 32.2. The second kappa shape index (κ2) is 10.6. The molecule has 2 aromatic rings. The fourth-order valence-corrected chi connectivity index (χ4v) is 4.68. The lowest BCUT2D eigenvalue weighted by atomic mass is 9.96. The lowest BCUT2D eigenvalue weighted by molar-refractivity contribution is 0.0930. The Hall–Kier alpha value is -2.38. The van der Waals surface area contributed by atoms with Gasteiger partial charge >= 0.3 is 0 Å². The van der Waals surface area contributed by atoms with E-state index in [2.05, 4.69) is 10.0 Å². The summed E-state index contributed by atoms with van der Waals surface area (Å²) in [6.45, 7) is 0.152. The molecule has 1 fully saturated rings. The Morgan fingerprint density at radius 1 is 0.933 bits per heavy atom. The molecule has 1 aliphatic carbocycles. The minimum absolute atomic E-state index is 0.0639. The van der Waals surface area contributed by atoms with Crippen LogP contribution in [-0.2, 0) is 16.6 Å². The van der Waals surface area contributed by atoms with Gasteiger partial charge in [-0.2, -0.15) is 0 Å². The predicted octanol–water partition coefficient (Wildman–Crippen LogP) is 4.02. The van der Waals surface area contributed by atoms with Gasteiger partial charge < -0.3 is 10.1 Å². The zero-order valence-corrected chi connectivity index (χ0v) is 18.2. The zero-order valence-electron chi connectivity index (χ0n) is 17.4. The van der Waals surface area contributed by atoms with Crippen LogP contribution in [0.4, 0.5) is 0 Å². The van der Waals surface area contributed by atoms with Crippen molar-refractivity contribution < 1.29 is 17.9 Å². The highest BCUT2D eigenvalue weighted by Crippen LogP contribution is 2.18. The summed E-state index contributed by atoms with van der Waals surface area (Å²) in [5, 5.41) is 3.15. The number of nitrogens with one attached hydrogen (secondary N) is 2. The molecule has 0 saturated heterocycles. The molecule has 0 atom stereocenters. The molecule has 1 aliphatic rings. The first-order chi connectivity index (χ1) is 14.5. The van der Waals surface area contributed by atoms with E-state index >= 15 is 0 Å². The molecular weight excluding hydrogens is 400 g/mol. The SMILES string of the molecule is COc1ccc(S(=O)(=O)NCc2ccc(C(=O)NC3CCCCCCC3)cc2)cc1. The quantitative estimate of drug-likeness (QED) is 0.695. The van der Waals surface area contributed by atoms with Gasteiger partial charge in [0.1, 0.15) is 5.75 Å². The van der Waals surface area contributed by atoms with E-state index in [9.17, 15) is 13.2 Å². The smallest absolute Gasteiger partial charge is 0.251 e. The van der Waals surface area contributed by atoms with Crippen LogP contribution in [-0.4, -0.2) is 27.5 Å². The van der Waals surface area contributed by atoms with Crippen molar-refractivity contribution in [2.24, 2.45) is 0 Å². The number of rotatable bonds is 7. The molecule has 2 aromatic carbocycles. The Labute approximate surface area is 179 Å². The van der Waals surface area contributed by atoms with E-state index in [4.69, 9.17) is 4.74 Å². The van der Waals surface area contributed by atoms with Crippen molar-refractivity contribution in [3.05, 3.63) is 59.7 Å². The fourth-order valence-electron chi connectivity index (χ4n) is 3.66. The van der Waals surface area contributed by atoms with Gasteiger partial charge in [0.25, 0.3) is 5.91 Å². The summed E-state index contributed by atoms with van der Waals surface area (Å²) >= 11 is 0.